The lowest BCUT2D eigenvalue weighted by Gasteiger charge is -2.13. The SMILES string of the molecule is O=C1S/C(=C\c2cccs2)C(=O)N1c1ccc2ccccc2c1. The predicted molar refractivity (Wildman–Crippen MR) is 96.7 cm³/mol. The molecular weight excluding hydrogens is 326 g/mol. The van der Waals surface area contributed by atoms with Gasteiger partial charge < -0.3 is 0 Å². The van der Waals surface area contributed by atoms with Crippen LogP contribution in [0.25, 0.3) is 16.8 Å². The highest BCUT2D eigenvalue weighted by Gasteiger charge is 2.36. The van der Waals surface area contributed by atoms with Gasteiger partial charge in [-0.2, -0.15) is 0 Å². The number of thiophene rings is 1. The molecule has 0 atom stereocenters. The maximum Gasteiger partial charge on any atom is 0.298 e. The van der Waals surface area contributed by atoms with Crippen molar-refractivity contribution in [2.75, 3.05) is 4.90 Å². The Kier molecular flexibility index (Phi) is 3.52. The van der Waals surface area contributed by atoms with Crippen molar-refractivity contribution >= 4 is 56.8 Å². The highest BCUT2D eigenvalue weighted by molar-refractivity contribution is 8.19. The maximum absolute atomic E-state index is 12.6. The van der Waals surface area contributed by atoms with Gasteiger partial charge in [0.05, 0.1) is 10.6 Å². The molecule has 3 nitrogen and oxygen atoms in total. The second-order valence-corrected chi connectivity index (χ2v) is 7.04. The van der Waals surface area contributed by atoms with E-state index in [4.69, 9.17) is 0 Å². The Hall–Kier alpha value is -2.37. The highest BCUT2D eigenvalue weighted by Crippen LogP contribution is 2.37. The molecule has 0 saturated carbocycles. The van der Waals surface area contributed by atoms with E-state index in [1.54, 1.807) is 17.4 Å². The third-order valence-electron chi connectivity index (χ3n) is 3.60. The zero-order valence-corrected chi connectivity index (χ0v) is 13.6. The fourth-order valence-electron chi connectivity index (χ4n) is 2.51. The van der Waals surface area contributed by atoms with Crippen molar-refractivity contribution in [3.8, 4) is 0 Å². The molecule has 0 unspecified atom stereocenters. The number of carbonyl (C=O) groups excluding carboxylic acids is 2. The van der Waals surface area contributed by atoms with Crippen LogP contribution in [0.4, 0.5) is 10.5 Å². The number of thioether (sulfide) groups is 1. The van der Waals surface area contributed by atoms with Crippen molar-refractivity contribution in [3.63, 3.8) is 0 Å². The van der Waals surface area contributed by atoms with Gasteiger partial charge in [0.1, 0.15) is 0 Å². The van der Waals surface area contributed by atoms with Crippen molar-refractivity contribution in [3.05, 3.63) is 69.8 Å². The van der Waals surface area contributed by atoms with Gasteiger partial charge in [-0.25, -0.2) is 4.90 Å². The van der Waals surface area contributed by atoms with Crippen LogP contribution in [0.5, 0.6) is 0 Å². The molecule has 23 heavy (non-hydrogen) atoms. The lowest BCUT2D eigenvalue weighted by molar-refractivity contribution is -0.113. The van der Waals surface area contributed by atoms with E-state index in [1.807, 2.05) is 60.0 Å². The maximum atomic E-state index is 12.6. The molecule has 0 spiro atoms. The first-order chi connectivity index (χ1) is 11.2. The largest absolute Gasteiger partial charge is 0.298 e. The average Bonchev–Trinajstić information content (AvgIpc) is 3.16. The van der Waals surface area contributed by atoms with Gasteiger partial charge in [0, 0.05) is 4.88 Å². The minimum Gasteiger partial charge on any atom is -0.268 e. The van der Waals surface area contributed by atoms with E-state index < -0.39 is 0 Å². The van der Waals surface area contributed by atoms with Gasteiger partial charge in [-0.15, -0.1) is 11.3 Å². The molecule has 2 heterocycles. The zero-order chi connectivity index (χ0) is 15.8. The highest BCUT2D eigenvalue weighted by atomic mass is 32.2. The van der Waals surface area contributed by atoms with Crippen molar-refractivity contribution < 1.29 is 9.59 Å². The van der Waals surface area contributed by atoms with Crippen LogP contribution in [0.15, 0.2) is 64.9 Å². The number of nitrogens with zero attached hydrogens (tertiary/aromatic N) is 1. The number of hydrogen-bond donors (Lipinski definition) is 0. The zero-order valence-electron chi connectivity index (χ0n) is 11.9. The number of imide groups is 1. The van der Waals surface area contributed by atoms with Crippen LogP contribution in [0.3, 0.4) is 0 Å². The summed E-state index contributed by atoms with van der Waals surface area (Å²) >= 11 is 2.53. The second kappa shape index (κ2) is 5.68. The Morgan fingerprint density at radius 3 is 2.52 bits per heavy atom. The molecule has 5 heteroatoms. The topological polar surface area (TPSA) is 37.4 Å². The van der Waals surface area contributed by atoms with Crippen molar-refractivity contribution in [2.24, 2.45) is 0 Å². The molecule has 2 amide bonds. The Labute approximate surface area is 141 Å². The quantitative estimate of drug-likeness (QED) is 0.607. The number of amides is 2. The molecule has 0 radical (unpaired) electrons. The molecule has 1 aliphatic rings. The number of hydrogen-bond acceptors (Lipinski definition) is 4. The fraction of sp³-hybridized carbons (Fsp3) is 0. The van der Waals surface area contributed by atoms with Crippen LogP contribution in [0.2, 0.25) is 0 Å². The minimum atomic E-state index is -0.260. The van der Waals surface area contributed by atoms with E-state index in [1.165, 1.54) is 4.90 Å². The Morgan fingerprint density at radius 1 is 0.913 bits per heavy atom. The molecule has 0 N–H and O–H groups in total. The Bertz CT molecular complexity index is 945. The molecule has 112 valence electrons. The van der Waals surface area contributed by atoms with Crippen LogP contribution in [-0.2, 0) is 4.79 Å². The van der Waals surface area contributed by atoms with E-state index in [-0.39, 0.29) is 11.1 Å². The normalized spacial score (nSPS) is 16.7. The van der Waals surface area contributed by atoms with E-state index in [2.05, 4.69) is 0 Å². The molecule has 3 aromatic rings. The summed E-state index contributed by atoms with van der Waals surface area (Å²) in [6.07, 6.45) is 1.77. The van der Waals surface area contributed by atoms with Gasteiger partial charge in [0.25, 0.3) is 11.1 Å². The van der Waals surface area contributed by atoms with Gasteiger partial charge >= 0.3 is 0 Å². The van der Waals surface area contributed by atoms with E-state index in [0.717, 1.165) is 27.4 Å². The number of anilines is 1. The first-order valence-corrected chi connectivity index (χ1v) is 8.72. The molecule has 0 bridgehead atoms. The average molecular weight is 337 g/mol. The minimum absolute atomic E-state index is 0.256. The van der Waals surface area contributed by atoms with E-state index in [0.29, 0.717) is 10.6 Å². The van der Waals surface area contributed by atoms with Gasteiger partial charge in [-0.05, 0) is 52.2 Å². The molecule has 1 fully saturated rings. The molecule has 1 saturated heterocycles. The smallest absolute Gasteiger partial charge is 0.268 e. The summed E-state index contributed by atoms with van der Waals surface area (Å²) in [6, 6.07) is 17.3. The summed E-state index contributed by atoms with van der Waals surface area (Å²) in [4.78, 5) is 27.6. The summed E-state index contributed by atoms with van der Waals surface area (Å²) in [7, 11) is 0. The molecule has 4 rings (SSSR count). The van der Waals surface area contributed by atoms with Crippen molar-refractivity contribution in [1.82, 2.24) is 0 Å². The van der Waals surface area contributed by atoms with Crippen molar-refractivity contribution in [1.29, 1.82) is 0 Å². The van der Waals surface area contributed by atoms with Crippen LogP contribution in [0, 0.1) is 0 Å². The lowest BCUT2D eigenvalue weighted by Crippen LogP contribution is -2.27. The Morgan fingerprint density at radius 2 is 1.74 bits per heavy atom. The van der Waals surface area contributed by atoms with Crippen LogP contribution in [0.1, 0.15) is 4.88 Å². The third-order valence-corrected chi connectivity index (χ3v) is 5.29. The fourth-order valence-corrected chi connectivity index (χ4v) is 4.07. The van der Waals surface area contributed by atoms with E-state index >= 15 is 0 Å². The number of benzene rings is 2. The second-order valence-electron chi connectivity index (χ2n) is 5.06. The van der Waals surface area contributed by atoms with Crippen molar-refractivity contribution in [2.45, 2.75) is 0 Å². The summed E-state index contributed by atoms with van der Waals surface area (Å²) in [5.41, 5.74) is 0.612. The number of fused-ring (bicyclic) bond motifs is 1. The number of rotatable bonds is 2. The summed E-state index contributed by atoms with van der Waals surface area (Å²) in [5, 5.41) is 3.77. The molecular formula is C18H11NO2S2. The third kappa shape index (κ3) is 2.58. The molecule has 1 aromatic heterocycles. The molecule has 0 aliphatic carbocycles. The Balaban J connectivity index is 1.73. The first-order valence-electron chi connectivity index (χ1n) is 7.03. The summed E-state index contributed by atoms with van der Waals surface area (Å²) in [6.45, 7) is 0. The predicted octanol–water partition coefficient (Wildman–Crippen LogP) is 5.14. The van der Waals surface area contributed by atoms with E-state index in [9.17, 15) is 9.59 Å². The summed E-state index contributed by atoms with van der Waals surface area (Å²) < 4.78 is 0. The lowest BCUT2D eigenvalue weighted by atomic mass is 10.1. The summed E-state index contributed by atoms with van der Waals surface area (Å²) in [5.74, 6) is -0.260. The van der Waals surface area contributed by atoms with Gasteiger partial charge in [-0.3, -0.25) is 9.59 Å². The molecule has 2 aromatic carbocycles. The van der Waals surface area contributed by atoms with Crippen LogP contribution in [-0.4, -0.2) is 11.1 Å². The van der Waals surface area contributed by atoms with Gasteiger partial charge in [0.15, 0.2) is 0 Å². The van der Waals surface area contributed by atoms with Gasteiger partial charge in [0.2, 0.25) is 0 Å². The van der Waals surface area contributed by atoms with Crippen LogP contribution < -0.4 is 4.90 Å². The standard InChI is InChI=1S/C18H11NO2S2/c20-17-16(11-15-6-3-9-22-15)23-18(21)19(17)14-8-7-12-4-1-2-5-13(12)10-14/h1-11H/b16-11-. The van der Waals surface area contributed by atoms with Gasteiger partial charge in [-0.1, -0.05) is 36.4 Å². The molecule has 1 aliphatic heterocycles. The number of carbonyl (C=O) groups is 2. The first kappa shape index (κ1) is 14.2. The van der Waals surface area contributed by atoms with Crippen LogP contribution >= 0.6 is 23.1 Å². The monoisotopic (exact) mass is 337 g/mol.